The maximum absolute atomic E-state index is 11.6. The van der Waals surface area contributed by atoms with Crippen LogP contribution in [0.4, 0.5) is 0 Å². The van der Waals surface area contributed by atoms with E-state index in [2.05, 4.69) is 13.8 Å². The van der Waals surface area contributed by atoms with Crippen molar-refractivity contribution in [3.8, 4) is 0 Å². The molecule has 2 N–H and O–H groups in total. The third kappa shape index (κ3) is 5.22. The molecule has 0 saturated carbocycles. The quantitative estimate of drug-likeness (QED) is 0.688. The van der Waals surface area contributed by atoms with E-state index < -0.39 is 0 Å². The van der Waals surface area contributed by atoms with Crippen LogP contribution in [-0.2, 0) is 4.79 Å². The first kappa shape index (κ1) is 13.4. The number of carbonyl (C=O) groups excluding carboxylic acids is 1. The topological polar surface area (TPSA) is 46.3 Å². The van der Waals surface area contributed by atoms with Crippen molar-refractivity contribution in [3.63, 3.8) is 0 Å². The molecule has 0 aliphatic rings. The molecule has 0 aliphatic heterocycles. The second-order valence-electron chi connectivity index (χ2n) is 4.80. The maximum Gasteiger partial charge on any atom is 0.223 e. The summed E-state index contributed by atoms with van der Waals surface area (Å²) in [5.74, 6) is 1.07. The lowest BCUT2D eigenvalue weighted by molar-refractivity contribution is -0.132. The predicted octanol–water partition coefficient (Wildman–Crippen LogP) is 1.82. The average Bonchev–Trinajstić information content (AvgIpc) is 2.00. The van der Waals surface area contributed by atoms with Gasteiger partial charge in [-0.05, 0) is 18.3 Å². The SMILES string of the molecule is CC(C)CC(=O)N(C)[C@H](N)CC(C)C. The van der Waals surface area contributed by atoms with Crippen LogP contribution in [0.3, 0.4) is 0 Å². The van der Waals surface area contributed by atoms with E-state index in [-0.39, 0.29) is 12.1 Å². The van der Waals surface area contributed by atoms with Crippen LogP contribution in [0.25, 0.3) is 0 Å². The van der Waals surface area contributed by atoms with E-state index in [1.165, 1.54) is 0 Å². The lowest BCUT2D eigenvalue weighted by atomic mass is 10.1. The predicted molar refractivity (Wildman–Crippen MR) is 59.7 cm³/mol. The molecule has 0 bridgehead atoms. The van der Waals surface area contributed by atoms with Gasteiger partial charge in [-0.3, -0.25) is 4.79 Å². The standard InChI is InChI=1S/C11H24N2O/c1-8(2)6-10(12)13(5)11(14)7-9(3)4/h8-10H,6-7,12H2,1-5H3/t10-/m0/s1. The van der Waals surface area contributed by atoms with Gasteiger partial charge in [-0.2, -0.15) is 0 Å². The van der Waals surface area contributed by atoms with Crippen LogP contribution in [0.15, 0.2) is 0 Å². The first-order chi connectivity index (χ1) is 6.34. The zero-order chi connectivity index (χ0) is 11.3. The molecule has 0 spiro atoms. The molecule has 0 aromatic rings. The zero-order valence-electron chi connectivity index (χ0n) is 10.1. The Kier molecular flexibility index (Phi) is 5.77. The van der Waals surface area contributed by atoms with Gasteiger partial charge in [0.15, 0.2) is 0 Å². The fourth-order valence-electron chi connectivity index (χ4n) is 1.32. The van der Waals surface area contributed by atoms with Gasteiger partial charge in [0, 0.05) is 13.5 Å². The Hall–Kier alpha value is -0.570. The van der Waals surface area contributed by atoms with Crippen molar-refractivity contribution in [2.75, 3.05) is 7.05 Å². The number of hydrogen-bond donors (Lipinski definition) is 1. The summed E-state index contributed by atoms with van der Waals surface area (Å²) in [6.45, 7) is 8.31. The number of amides is 1. The molecule has 0 fully saturated rings. The van der Waals surface area contributed by atoms with Gasteiger partial charge < -0.3 is 10.6 Å². The van der Waals surface area contributed by atoms with E-state index >= 15 is 0 Å². The highest BCUT2D eigenvalue weighted by atomic mass is 16.2. The Morgan fingerprint density at radius 1 is 1.21 bits per heavy atom. The van der Waals surface area contributed by atoms with E-state index in [1.807, 2.05) is 13.8 Å². The second-order valence-corrected chi connectivity index (χ2v) is 4.80. The molecule has 0 aliphatic carbocycles. The van der Waals surface area contributed by atoms with Crippen LogP contribution in [-0.4, -0.2) is 24.0 Å². The maximum atomic E-state index is 11.6. The van der Waals surface area contributed by atoms with Crippen molar-refractivity contribution >= 4 is 5.91 Å². The number of carbonyl (C=O) groups is 1. The molecule has 1 amide bonds. The second kappa shape index (κ2) is 6.02. The summed E-state index contributed by atoms with van der Waals surface area (Å²) < 4.78 is 0. The molecule has 3 nitrogen and oxygen atoms in total. The zero-order valence-corrected chi connectivity index (χ0v) is 10.1. The van der Waals surface area contributed by atoms with Crippen molar-refractivity contribution in [1.29, 1.82) is 0 Å². The Balaban J connectivity index is 4.03. The smallest absolute Gasteiger partial charge is 0.223 e. The lowest BCUT2D eigenvalue weighted by Crippen LogP contribution is -2.44. The first-order valence-corrected chi connectivity index (χ1v) is 5.35. The minimum absolute atomic E-state index is 0.138. The van der Waals surface area contributed by atoms with Gasteiger partial charge in [0.25, 0.3) is 0 Å². The summed E-state index contributed by atoms with van der Waals surface area (Å²) in [7, 11) is 1.79. The highest BCUT2D eigenvalue weighted by molar-refractivity contribution is 5.76. The largest absolute Gasteiger partial charge is 0.330 e. The van der Waals surface area contributed by atoms with E-state index in [4.69, 9.17) is 5.73 Å². The van der Waals surface area contributed by atoms with Gasteiger partial charge in [0.05, 0.1) is 6.17 Å². The van der Waals surface area contributed by atoms with Gasteiger partial charge in [-0.15, -0.1) is 0 Å². The summed E-state index contributed by atoms with van der Waals surface area (Å²) in [4.78, 5) is 13.3. The minimum atomic E-state index is -0.138. The third-order valence-corrected chi connectivity index (χ3v) is 2.19. The molecule has 0 unspecified atom stereocenters. The van der Waals surface area contributed by atoms with Crippen LogP contribution < -0.4 is 5.73 Å². The molecular weight excluding hydrogens is 176 g/mol. The molecule has 0 radical (unpaired) electrons. The Labute approximate surface area is 87.6 Å². The number of nitrogens with zero attached hydrogens (tertiary/aromatic N) is 1. The number of rotatable bonds is 5. The van der Waals surface area contributed by atoms with Gasteiger partial charge >= 0.3 is 0 Å². The third-order valence-electron chi connectivity index (χ3n) is 2.19. The van der Waals surface area contributed by atoms with Crippen LogP contribution in [0.2, 0.25) is 0 Å². The summed E-state index contributed by atoms with van der Waals surface area (Å²) in [5, 5.41) is 0. The van der Waals surface area contributed by atoms with Crippen LogP contribution in [0, 0.1) is 11.8 Å². The first-order valence-electron chi connectivity index (χ1n) is 5.35. The molecule has 3 heteroatoms. The van der Waals surface area contributed by atoms with Crippen LogP contribution >= 0.6 is 0 Å². The normalized spacial score (nSPS) is 13.4. The van der Waals surface area contributed by atoms with Crippen molar-refractivity contribution in [3.05, 3.63) is 0 Å². The Morgan fingerprint density at radius 3 is 2.07 bits per heavy atom. The van der Waals surface area contributed by atoms with Crippen molar-refractivity contribution in [2.24, 2.45) is 17.6 Å². The van der Waals surface area contributed by atoms with Gasteiger partial charge in [-0.1, -0.05) is 27.7 Å². The van der Waals surface area contributed by atoms with Crippen molar-refractivity contribution in [1.82, 2.24) is 4.90 Å². The fourth-order valence-corrected chi connectivity index (χ4v) is 1.32. The highest BCUT2D eigenvalue weighted by Gasteiger charge is 2.17. The highest BCUT2D eigenvalue weighted by Crippen LogP contribution is 2.09. The molecule has 14 heavy (non-hydrogen) atoms. The van der Waals surface area contributed by atoms with Gasteiger partial charge in [0.2, 0.25) is 5.91 Å². The van der Waals surface area contributed by atoms with Crippen LogP contribution in [0.5, 0.6) is 0 Å². The number of hydrogen-bond acceptors (Lipinski definition) is 2. The molecule has 84 valence electrons. The van der Waals surface area contributed by atoms with E-state index in [9.17, 15) is 4.79 Å². The summed E-state index contributed by atoms with van der Waals surface area (Å²) in [5.41, 5.74) is 5.90. The fraction of sp³-hybridized carbons (Fsp3) is 0.909. The summed E-state index contributed by atoms with van der Waals surface area (Å²) >= 11 is 0. The molecule has 0 saturated heterocycles. The van der Waals surface area contributed by atoms with E-state index in [0.29, 0.717) is 18.3 Å². The molecule has 0 aromatic carbocycles. The van der Waals surface area contributed by atoms with Crippen molar-refractivity contribution in [2.45, 2.75) is 46.7 Å². The monoisotopic (exact) mass is 200 g/mol. The molecule has 0 heterocycles. The number of nitrogens with two attached hydrogens (primary N) is 1. The van der Waals surface area contributed by atoms with Crippen molar-refractivity contribution < 1.29 is 4.79 Å². The van der Waals surface area contributed by atoms with E-state index in [0.717, 1.165) is 6.42 Å². The van der Waals surface area contributed by atoms with Crippen LogP contribution in [0.1, 0.15) is 40.5 Å². The molecule has 0 aromatic heterocycles. The Morgan fingerprint density at radius 2 is 1.71 bits per heavy atom. The Bertz CT molecular complexity index is 178. The minimum Gasteiger partial charge on any atom is -0.330 e. The molecule has 0 rings (SSSR count). The summed E-state index contributed by atoms with van der Waals surface area (Å²) in [6.07, 6.45) is 1.31. The molecular formula is C11H24N2O. The van der Waals surface area contributed by atoms with Gasteiger partial charge in [-0.25, -0.2) is 0 Å². The summed E-state index contributed by atoms with van der Waals surface area (Å²) in [6, 6.07) is 0. The van der Waals surface area contributed by atoms with E-state index in [1.54, 1.807) is 11.9 Å². The van der Waals surface area contributed by atoms with Gasteiger partial charge in [0.1, 0.15) is 0 Å². The molecule has 1 atom stereocenters. The lowest BCUT2D eigenvalue weighted by Gasteiger charge is -2.26. The average molecular weight is 200 g/mol.